The van der Waals surface area contributed by atoms with Crippen LogP contribution in [0.15, 0.2) is 34.7 Å². The Balaban J connectivity index is 1.67. The number of para-hydroxylation sites is 1. The lowest BCUT2D eigenvalue weighted by atomic mass is 10.0. The van der Waals surface area contributed by atoms with E-state index in [1.807, 2.05) is 6.07 Å². The molecule has 2 fully saturated rings. The average Bonchev–Trinajstić information content (AvgIpc) is 2.83. The highest BCUT2D eigenvalue weighted by Gasteiger charge is 2.56. The predicted octanol–water partition coefficient (Wildman–Crippen LogP) is 3.74. The van der Waals surface area contributed by atoms with E-state index < -0.39 is 0 Å². The van der Waals surface area contributed by atoms with Crippen molar-refractivity contribution in [2.75, 3.05) is 7.05 Å². The maximum absolute atomic E-state index is 6.03. The molecule has 2 heteroatoms. The third kappa shape index (κ3) is 1.45. The minimum Gasteiger partial charge on any atom is -0.459 e. The first-order valence-electron chi connectivity index (χ1n) is 7.04. The van der Waals surface area contributed by atoms with E-state index in [1.165, 1.54) is 24.6 Å². The first kappa shape index (κ1) is 10.6. The SMILES string of the molecule is CNC(c1cc2ccccc2o1)C1C2CCCC21. The van der Waals surface area contributed by atoms with Gasteiger partial charge >= 0.3 is 0 Å². The maximum atomic E-state index is 6.03. The van der Waals surface area contributed by atoms with E-state index >= 15 is 0 Å². The van der Waals surface area contributed by atoms with Crippen molar-refractivity contribution in [1.82, 2.24) is 5.32 Å². The van der Waals surface area contributed by atoms with Crippen LogP contribution in [0.25, 0.3) is 11.0 Å². The molecule has 0 bridgehead atoms. The molecule has 2 aromatic rings. The van der Waals surface area contributed by atoms with Crippen molar-refractivity contribution in [3.8, 4) is 0 Å². The van der Waals surface area contributed by atoms with Crippen molar-refractivity contribution in [3.05, 3.63) is 36.1 Å². The van der Waals surface area contributed by atoms with Gasteiger partial charge in [0, 0.05) is 5.39 Å². The number of nitrogens with one attached hydrogen (secondary N) is 1. The summed E-state index contributed by atoms with van der Waals surface area (Å²) in [6.07, 6.45) is 4.28. The molecule has 2 saturated carbocycles. The second kappa shape index (κ2) is 3.86. The van der Waals surface area contributed by atoms with Crippen LogP contribution in [0.1, 0.15) is 31.1 Å². The standard InChI is InChI=1S/C16H19NO/c1-17-16(15-11-6-4-7-12(11)15)14-9-10-5-2-3-8-13(10)18-14/h2-3,5,8-9,11-12,15-17H,4,6-7H2,1H3. The van der Waals surface area contributed by atoms with Crippen LogP contribution in [0, 0.1) is 17.8 Å². The van der Waals surface area contributed by atoms with Crippen LogP contribution < -0.4 is 5.32 Å². The molecule has 0 amide bonds. The predicted molar refractivity (Wildman–Crippen MR) is 72.3 cm³/mol. The second-order valence-corrected chi connectivity index (χ2v) is 5.79. The van der Waals surface area contributed by atoms with Crippen molar-refractivity contribution >= 4 is 11.0 Å². The molecule has 1 heterocycles. The molecule has 2 aliphatic carbocycles. The van der Waals surface area contributed by atoms with Crippen molar-refractivity contribution in [2.45, 2.75) is 25.3 Å². The molecule has 94 valence electrons. The number of furan rings is 1. The number of rotatable bonds is 3. The van der Waals surface area contributed by atoms with E-state index in [2.05, 4.69) is 36.6 Å². The van der Waals surface area contributed by atoms with Gasteiger partial charge in [-0.3, -0.25) is 0 Å². The van der Waals surface area contributed by atoms with Crippen molar-refractivity contribution in [3.63, 3.8) is 0 Å². The lowest BCUT2D eigenvalue weighted by Gasteiger charge is -2.15. The minimum atomic E-state index is 0.410. The quantitative estimate of drug-likeness (QED) is 0.885. The van der Waals surface area contributed by atoms with E-state index in [9.17, 15) is 0 Å². The second-order valence-electron chi connectivity index (χ2n) is 5.79. The zero-order valence-electron chi connectivity index (χ0n) is 10.7. The first-order chi connectivity index (χ1) is 8.88. The van der Waals surface area contributed by atoms with Crippen LogP contribution in [0.2, 0.25) is 0 Å². The molecule has 3 atom stereocenters. The fourth-order valence-electron chi connectivity index (χ4n) is 4.05. The summed E-state index contributed by atoms with van der Waals surface area (Å²) in [6.45, 7) is 0. The average molecular weight is 241 g/mol. The number of hydrogen-bond acceptors (Lipinski definition) is 2. The van der Waals surface area contributed by atoms with Gasteiger partial charge in [-0.1, -0.05) is 24.6 Å². The Bertz CT molecular complexity index is 530. The summed E-state index contributed by atoms with van der Waals surface area (Å²) < 4.78 is 6.03. The summed E-state index contributed by atoms with van der Waals surface area (Å²) >= 11 is 0. The van der Waals surface area contributed by atoms with Gasteiger partial charge in [0.2, 0.25) is 0 Å². The summed E-state index contributed by atoms with van der Waals surface area (Å²) in [4.78, 5) is 0. The Morgan fingerprint density at radius 3 is 2.72 bits per heavy atom. The molecule has 0 spiro atoms. The molecule has 0 aliphatic heterocycles. The number of hydrogen-bond donors (Lipinski definition) is 1. The lowest BCUT2D eigenvalue weighted by molar-refractivity contribution is 0.378. The Morgan fingerprint density at radius 1 is 1.22 bits per heavy atom. The fourth-order valence-corrected chi connectivity index (χ4v) is 4.05. The van der Waals surface area contributed by atoms with Crippen LogP contribution >= 0.6 is 0 Å². The Morgan fingerprint density at radius 2 is 2.00 bits per heavy atom. The zero-order chi connectivity index (χ0) is 12.1. The third-order valence-electron chi connectivity index (χ3n) is 4.92. The summed E-state index contributed by atoms with van der Waals surface area (Å²) in [5.74, 6) is 3.84. The van der Waals surface area contributed by atoms with E-state index in [4.69, 9.17) is 4.42 Å². The fraction of sp³-hybridized carbons (Fsp3) is 0.500. The monoisotopic (exact) mass is 241 g/mol. The van der Waals surface area contributed by atoms with E-state index in [-0.39, 0.29) is 0 Å². The Kier molecular flexibility index (Phi) is 2.28. The van der Waals surface area contributed by atoms with Crippen LogP contribution in [0.3, 0.4) is 0 Å². The van der Waals surface area contributed by atoms with Gasteiger partial charge in [-0.25, -0.2) is 0 Å². The molecule has 18 heavy (non-hydrogen) atoms. The molecule has 0 saturated heterocycles. The van der Waals surface area contributed by atoms with Gasteiger partial charge < -0.3 is 9.73 Å². The van der Waals surface area contributed by atoms with Gasteiger partial charge in [-0.05, 0) is 49.8 Å². The van der Waals surface area contributed by atoms with Gasteiger partial charge in [0.25, 0.3) is 0 Å². The van der Waals surface area contributed by atoms with Gasteiger partial charge in [0.05, 0.1) is 6.04 Å². The molecule has 4 rings (SSSR count). The number of fused-ring (bicyclic) bond motifs is 2. The summed E-state index contributed by atoms with van der Waals surface area (Å²) in [6, 6.07) is 10.9. The molecule has 2 nitrogen and oxygen atoms in total. The van der Waals surface area contributed by atoms with Crippen LogP contribution in [-0.2, 0) is 0 Å². The molecule has 0 radical (unpaired) electrons. The third-order valence-corrected chi connectivity index (χ3v) is 4.92. The first-order valence-corrected chi connectivity index (χ1v) is 7.04. The van der Waals surface area contributed by atoms with E-state index in [1.54, 1.807) is 0 Å². The Hall–Kier alpha value is -1.28. The topological polar surface area (TPSA) is 25.2 Å². The van der Waals surface area contributed by atoms with Crippen LogP contribution in [0.5, 0.6) is 0 Å². The van der Waals surface area contributed by atoms with Gasteiger partial charge in [0.15, 0.2) is 0 Å². The minimum absolute atomic E-state index is 0.410. The smallest absolute Gasteiger partial charge is 0.134 e. The highest BCUT2D eigenvalue weighted by atomic mass is 16.3. The summed E-state index contributed by atoms with van der Waals surface area (Å²) in [5, 5.41) is 4.70. The zero-order valence-corrected chi connectivity index (χ0v) is 10.7. The lowest BCUT2D eigenvalue weighted by Crippen LogP contribution is -2.19. The van der Waals surface area contributed by atoms with Crippen LogP contribution in [-0.4, -0.2) is 7.05 Å². The van der Waals surface area contributed by atoms with E-state index in [0.717, 1.165) is 29.1 Å². The molecule has 1 N–H and O–H groups in total. The molecular weight excluding hydrogens is 222 g/mol. The van der Waals surface area contributed by atoms with Gasteiger partial charge in [-0.15, -0.1) is 0 Å². The van der Waals surface area contributed by atoms with Crippen molar-refractivity contribution in [1.29, 1.82) is 0 Å². The van der Waals surface area contributed by atoms with E-state index in [0.29, 0.717) is 6.04 Å². The molecule has 3 unspecified atom stereocenters. The van der Waals surface area contributed by atoms with Gasteiger partial charge in [-0.2, -0.15) is 0 Å². The molecule has 1 aromatic carbocycles. The van der Waals surface area contributed by atoms with Crippen molar-refractivity contribution in [2.24, 2.45) is 17.8 Å². The molecule has 2 aliphatic rings. The summed E-state index contributed by atoms with van der Waals surface area (Å²) in [5.41, 5.74) is 1.01. The van der Waals surface area contributed by atoms with Crippen LogP contribution in [0.4, 0.5) is 0 Å². The summed E-state index contributed by atoms with van der Waals surface area (Å²) in [7, 11) is 2.06. The molecule has 1 aromatic heterocycles. The largest absolute Gasteiger partial charge is 0.459 e. The molecular formula is C16H19NO. The highest BCUT2D eigenvalue weighted by Crippen LogP contribution is 2.62. The normalized spacial score (nSPS) is 31.5. The number of benzene rings is 1. The van der Waals surface area contributed by atoms with Crippen molar-refractivity contribution < 1.29 is 4.42 Å². The highest BCUT2D eigenvalue weighted by molar-refractivity contribution is 5.77. The Labute approximate surface area is 107 Å². The maximum Gasteiger partial charge on any atom is 0.134 e. The van der Waals surface area contributed by atoms with Gasteiger partial charge in [0.1, 0.15) is 11.3 Å².